The van der Waals surface area contributed by atoms with Crippen LogP contribution >= 0.6 is 0 Å². The fraction of sp³-hybridized carbons (Fsp3) is 0.407. The molecule has 212 valence electrons. The van der Waals surface area contributed by atoms with Gasteiger partial charge in [-0.25, -0.2) is 14.4 Å². The van der Waals surface area contributed by atoms with Crippen LogP contribution in [0.15, 0.2) is 48.5 Å². The number of para-hydroxylation sites is 1. The third-order valence-electron chi connectivity index (χ3n) is 4.88. The lowest BCUT2D eigenvalue weighted by atomic mass is 9.88. The van der Waals surface area contributed by atoms with Crippen molar-refractivity contribution in [3.8, 4) is 17.2 Å². The number of methoxy groups -OCH3 is 1. The summed E-state index contributed by atoms with van der Waals surface area (Å²) in [5, 5.41) is 0. The van der Waals surface area contributed by atoms with Crippen LogP contribution in [0.2, 0.25) is 0 Å². The van der Waals surface area contributed by atoms with E-state index in [1.807, 2.05) is 0 Å². The molecular formula is C27H33NO11. The molecule has 0 saturated carbocycles. The first-order chi connectivity index (χ1) is 18.4. The van der Waals surface area contributed by atoms with Crippen LogP contribution in [0, 0.1) is 0 Å². The van der Waals surface area contributed by atoms with Gasteiger partial charge < -0.3 is 38.9 Å². The molecule has 2 aromatic carbocycles. The smallest absolute Gasteiger partial charge is 0.468 e. The van der Waals surface area contributed by atoms with Crippen molar-refractivity contribution in [1.82, 2.24) is 0 Å². The van der Waals surface area contributed by atoms with Crippen molar-refractivity contribution in [3.63, 3.8) is 0 Å². The van der Waals surface area contributed by atoms with Crippen molar-refractivity contribution in [2.75, 3.05) is 13.7 Å². The van der Waals surface area contributed by atoms with Crippen molar-refractivity contribution in [2.45, 2.75) is 58.3 Å². The van der Waals surface area contributed by atoms with Crippen LogP contribution in [-0.4, -0.2) is 55.9 Å². The lowest BCUT2D eigenvalue weighted by Gasteiger charge is -2.26. The lowest BCUT2D eigenvalue weighted by molar-refractivity contribution is -0.147. The van der Waals surface area contributed by atoms with Crippen LogP contribution in [0.25, 0.3) is 0 Å². The van der Waals surface area contributed by atoms with Gasteiger partial charge in [-0.15, -0.1) is 0 Å². The predicted octanol–water partition coefficient (Wildman–Crippen LogP) is 4.55. The molecule has 2 N–H and O–H groups in total. The standard InChI is InChI=1S/C27H33NO11/c1-17(2)35-25(31)38-21-12-11-19(15-22(21)39-26(32)36-18(3)4)16-27(28,23(29)33-5)13-14-34-24(30)37-20-9-7-6-8-10-20/h6-12,15,17-18H,13-14,16,28H2,1-5H3/t27-/m1/s1. The van der Waals surface area contributed by atoms with Crippen LogP contribution in [0.3, 0.4) is 0 Å². The Morgan fingerprint density at radius 1 is 0.795 bits per heavy atom. The summed E-state index contributed by atoms with van der Waals surface area (Å²) >= 11 is 0. The Kier molecular flexibility index (Phi) is 11.5. The van der Waals surface area contributed by atoms with E-state index < -0.39 is 42.2 Å². The van der Waals surface area contributed by atoms with E-state index in [2.05, 4.69) is 0 Å². The molecule has 0 aliphatic heterocycles. The molecule has 0 heterocycles. The minimum atomic E-state index is -1.64. The van der Waals surface area contributed by atoms with Crippen LogP contribution in [-0.2, 0) is 30.2 Å². The number of nitrogens with two attached hydrogens (primary N) is 1. The van der Waals surface area contributed by atoms with E-state index >= 15 is 0 Å². The summed E-state index contributed by atoms with van der Waals surface area (Å²) in [5.74, 6) is -0.783. The van der Waals surface area contributed by atoms with Crippen LogP contribution < -0.4 is 19.9 Å². The normalized spacial score (nSPS) is 12.2. The Balaban J connectivity index is 2.19. The average molecular weight is 548 g/mol. The van der Waals surface area contributed by atoms with E-state index in [9.17, 15) is 19.2 Å². The first kappa shape index (κ1) is 30.9. The van der Waals surface area contributed by atoms with Crippen molar-refractivity contribution >= 4 is 24.4 Å². The summed E-state index contributed by atoms with van der Waals surface area (Å²) in [7, 11) is 1.17. The Labute approximate surface area is 226 Å². The molecule has 1 atom stereocenters. The summed E-state index contributed by atoms with van der Waals surface area (Å²) in [4.78, 5) is 48.8. The number of carbonyl (C=O) groups is 4. The van der Waals surface area contributed by atoms with Gasteiger partial charge in [-0.2, -0.15) is 0 Å². The average Bonchev–Trinajstić information content (AvgIpc) is 2.84. The van der Waals surface area contributed by atoms with Gasteiger partial charge in [0, 0.05) is 12.8 Å². The minimum Gasteiger partial charge on any atom is -0.468 e. The van der Waals surface area contributed by atoms with Gasteiger partial charge in [-0.1, -0.05) is 24.3 Å². The van der Waals surface area contributed by atoms with Crippen molar-refractivity contribution < 1.29 is 52.3 Å². The van der Waals surface area contributed by atoms with E-state index in [1.54, 1.807) is 58.0 Å². The Morgan fingerprint density at radius 3 is 1.95 bits per heavy atom. The van der Waals surface area contributed by atoms with Gasteiger partial charge in [0.05, 0.1) is 25.9 Å². The Hall–Kier alpha value is -4.32. The second kappa shape index (κ2) is 14.6. The maximum atomic E-state index is 12.6. The molecule has 0 fully saturated rings. The molecule has 39 heavy (non-hydrogen) atoms. The molecule has 0 spiro atoms. The molecule has 2 aromatic rings. The zero-order chi connectivity index (χ0) is 29.0. The van der Waals surface area contributed by atoms with E-state index in [1.165, 1.54) is 25.3 Å². The Bertz CT molecular complexity index is 1130. The highest BCUT2D eigenvalue weighted by molar-refractivity contribution is 5.81. The first-order valence-electron chi connectivity index (χ1n) is 12.1. The van der Waals surface area contributed by atoms with Gasteiger partial charge in [0.25, 0.3) is 0 Å². The predicted molar refractivity (Wildman–Crippen MR) is 137 cm³/mol. The SMILES string of the molecule is COC(=O)[C@@](N)(CCOC(=O)Oc1ccccc1)Cc1ccc(OC(=O)OC(C)C)c(OC(=O)OC(C)C)c1. The van der Waals surface area contributed by atoms with Gasteiger partial charge in [0.15, 0.2) is 11.5 Å². The van der Waals surface area contributed by atoms with Crippen molar-refractivity contribution in [3.05, 3.63) is 54.1 Å². The molecule has 0 unspecified atom stereocenters. The highest BCUT2D eigenvalue weighted by atomic mass is 16.8. The van der Waals surface area contributed by atoms with E-state index in [0.717, 1.165) is 0 Å². The maximum absolute atomic E-state index is 12.6. The molecule has 0 saturated heterocycles. The maximum Gasteiger partial charge on any atom is 0.514 e. The summed E-state index contributed by atoms with van der Waals surface area (Å²) in [5.41, 5.74) is 5.14. The molecule has 0 aliphatic carbocycles. The number of ether oxygens (including phenoxy) is 7. The topological polar surface area (TPSA) is 159 Å². The van der Waals surface area contributed by atoms with Gasteiger partial charge in [0.2, 0.25) is 0 Å². The third kappa shape index (κ3) is 10.5. The highest BCUT2D eigenvalue weighted by Gasteiger charge is 2.36. The molecule has 12 heteroatoms. The number of hydrogen-bond acceptors (Lipinski definition) is 12. The highest BCUT2D eigenvalue weighted by Crippen LogP contribution is 2.31. The van der Waals surface area contributed by atoms with Gasteiger partial charge >= 0.3 is 24.4 Å². The minimum absolute atomic E-state index is 0.122. The largest absolute Gasteiger partial charge is 0.514 e. The molecule has 0 radical (unpaired) electrons. The summed E-state index contributed by atoms with van der Waals surface area (Å²) in [6.45, 7) is 6.28. The monoisotopic (exact) mass is 547 g/mol. The van der Waals surface area contributed by atoms with E-state index in [-0.39, 0.29) is 36.7 Å². The first-order valence-corrected chi connectivity index (χ1v) is 12.1. The quantitative estimate of drug-likeness (QED) is 0.238. The number of carbonyl (C=O) groups excluding carboxylic acids is 4. The third-order valence-corrected chi connectivity index (χ3v) is 4.88. The zero-order valence-electron chi connectivity index (χ0n) is 22.5. The molecule has 2 rings (SSSR count). The zero-order valence-corrected chi connectivity index (χ0v) is 22.5. The second-order valence-electron chi connectivity index (χ2n) is 8.91. The molecule has 0 bridgehead atoms. The van der Waals surface area contributed by atoms with E-state index in [4.69, 9.17) is 38.9 Å². The van der Waals surface area contributed by atoms with Crippen LogP contribution in [0.5, 0.6) is 17.2 Å². The summed E-state index contributed by atoms with van der Waals surface area (Å²) in [6.07, 6.45) is -4.19. The molecule has 12 nitrogen and oxygen atoms in total. The van der Waals surface area contributed by atoms with Crippen LogP contribution in [0.4, 0.5) is 14.4 Å². The number of hydrogen-bond donors (Lipinski definition) is 1. The van der Waals surface area contributed by atoms with Gasteiger partial charge in [-0.3, -0.25) is 4.79 Å². The fourth-order valence-corrected chi connectivity index (χ4v) is 3.20. The van der Waals surface area contributed by atoms with Gasteiger partial charge in [0.1, 0.15) is 11.3 Å². The van der Waals surface area contributed by atoms with Gasteiger partial charge in [-0.05, 0) is 57.5 Å². The molecule has 0 aliphatic rings. The van der Waals surface area contributed by atoms with Crippen molar-refractivity contribution in [2.24, 2.45) is 5.73 Å². The van der Waals surface area contributed by atoms with Crippen molar-refractivity contribution in [1.29, 1.82) is 0 Å². The molecule has 0 amide bonds. The second-order valence-corrected chi connectivity index (χ2v) is 8.91. The Morgan fingerprint density at radius 2 is 1.38 bits per heavy atom. The number of esters is 1. The fourth-order valence-electron chi connectivity index (χ4n) is 3.20. The molecular weight excluding hydrogens is 514 g/mol. The number of benzene rings is 2. The number of rotatable bonds is 11. The van der Waals surface area contributed by atoms with Crippen LogP contribution in [0.1, 0.15) is 39.7 Å². The summed E-state index contributed by atoms with van der Waals surface area (Å²) in [6, 6.07) is 12.5. The summed E-state index contributed by atoms with van der Waals surface area (Å²) < 4.78 is 35.4. The van der Waals surface area contributed by atoms with E-state index in [0.29, 0.717) is 5.56 Å². The molecule has 0 aromatic heterocycles. The lowest BCUT2D eigenvalue weighted by Crippen LogP contribution is -2.51.